The summed E-state index contributed by atoms with van der Waals surface area (Å²) >= 11 is 0. The molecule has 3 saturated heterocycles. The van der Waals surface area contributed by atoms with E-state index in [-0.39, 0.29) is 99.8 Å². The second-order valence-electron chi connectivity index (χ2n) is 36.8. The first-order valence-corrected chi connectivity index (χ1v) is 47.7. The van der Waals surface area contributed by atoms with Crippen LogP contribution in [0.5, 0.6) is 0 Å². The fourth-order valence-electron chi connectivity index (χ4n) is 18.8. The van der Waals surface area contributed by atoms with E-state index in [0.29, 0.717) is 205 Å². The number of anilines is 4. The van der Waals surface area contributed by atoms with Crippen LogP contribution in [0.3, 0.4) is 0 Å². The zero-order chi connectivity index (χ0) is 97.4. The maximum Gasteiger partial charge on any atom is 0.407 e. The number of nitrogen functional groups attached to an aromatic ring is 2. The Morgan fingerprint density at radius 2 is 1.41 bits per heavy atom. The molecule has 137 heavy (non-hydrogen) atoms. The SMILES string of the molecule is CO[C@H]1C[C@@H]2CC[C@@H](C)[C@@](O)(O2)C(=O)C(=O)N2CCCC[C@H]2C(=O)O[C@H]([C@H](C)C[C@@H]2CC[C@@H](OC(=O)NCc3cnc(N4CCN(c5ncc(C(=O)NCCOCCOCCOCCOCCC(=O)N6CCc7cc(Cn8nc(-c9ccc%10oc(N)nc%10c9)c9c(N)ncnc98)ccc7C6)cn5)CC4)nc3)[C@H](OC)C2)CC(=O)[C@H](C)/C=C(\C)[C@@H](O)[C@@H](OC)C(=O)[C@H](C)C[C@H](C)/C=C/C=C/C=C/1C. The average molecular weight is 1900 g/mol. The molecule has 740 valence electrons. The van der Waals surface area contributed by atoms with Crippen LogP contribution in [-0.4, -0.2) is 286 Å². The number of piperazine rings is 1. The molecular weight excluding hydrogens is 1760 g/mol. The van der Waals surface area contributed by atoms with Gasteiger partial charge in [-0.25, -0.2) is 44.2 Å². The van der Waals surface area contributed by atoms with Crippen molar-refractivity contribution in [1.82, 2.24) is 65.1 Å². The minimum absolute atomic E-state index is 0.0266. The van der Waals surface area contributed by atoms with E-state index in [2.05, 4.69) is 57.7 Å². The number of methoxy groups -OCH3 is 3. The summed E-state index contributed by atoms with van der Waals surface area (Å²) in [7, 11) is 4.48. The number of rotatable bonds is 30. The van der Waals surface area contributed by atoms with Crippen LogP contribution in [0.1, 0.15) is 165 Å². The lowest BCUT2D eigenvalue weighted by atomic mass is 9.78. The maximum absolute atomic E-state index is 14.8. The van der Waals surface area contributed by atoms with Gasteiger partial charge in [0, 0.05) is 147 Å². The Balaban J connectivity index is 0.493. The number of carbonyl (C=O) groups is 8. The molecule has 0 spiro atoms. The van der Waals surface area contributed by atoms with Crippen molar-refractivity contribution in [3.8, 4) is 11.3 Å². The molecule has 1 saturated carbocycles. The predicted molar refractivity (Wildman–Crippen MR) is 507 cm³/mol. The summed E-state index contributed by atoms with van der Waals surface area (Å²) < 4.78 is 66.2. The number of esters is 1. The van der Waals surface area contributed by atoms with Gasteiger partial charge in [-0.05, 0) is 148 Å². The number of carbonyl (C=O) groups excluding carboxylic acids is 8. The highest BCUT2D eigenvalue weighted by molar-refractivity contribution is 6.39. The van der Waals surface area contributed by atoms with Crippen molar-refractivity contribution in [2.24, 2.45) is 35.5 Å². The van der Waals surface area contributed by atoms with Gasteiger partial charge in [-0.3, -0.25) is 28.8 Å². The summed E-state index contributed by atoms with van der Waals surface area (Å²) in [6, 6.07) is 10.7. The van der Waals surface area contributed by atoms with Crippen molar-refractivity contribution in [3.63, 3.8) is 0 Å². The second-order valence-corrected chi connectivity index (χ2v) is 36.8. The van der Waals surface area contributed by atoms with E-state index < -0.39 is 102 Å². The van der Waals surface area contributed by atoms with E-state index in [1.807, 2.05) is 88.7 Å². The van der Waals surface area contributed by atoms with Crippen LogP contribution in [-0.2, 0) is 102 Å². The van der Waals surface area contributed by atoms with Gasteiger partial charge in [0.15, 0.2) is 17.0 Å². The van der Waals surface area contributed by atoms with E-state index in [1.165, 1.54) is 36.3 Å². The van der Waals surface area contributed by atoms with Crippen molar-refractivity contribution in [2.75, 3.05) is 141 Å². The first-order chi connectivity index (χ1) is 66.1. The number of nitrogens with zero attached hydrogens (tertiary/aromatic N) is 13. The molecule has 4 fully saturated rings. The number of fused-ring (bicyclic) bond motifs is 6. The number of aromatic nitrogens is 9. The van der Waals surface area contributed by atoms with E-state index in [4.69, 9.17) is 68.4 Å². The minimum Gasteiger partial charge on any atom is -0.460 e. The van der Waals surface area contributed by atoms with Crippen LogP contribution >= 0.6 is 0 Å². The zero-order valence-corrected chi connectivity index (χ0v) is 80.1. The lowest BCUT2D eigenvalue weighted by Crippen LogP contribution is -2.61. The molecule has 4 amide bonds. The number of oxazole rings is 1. The Morgan fingerprint density at radius 3 is 2.12 bits per heavy atom. The topological polar surface area (TPSA) is 480 Å². The number of alkyl carbamates (subject to hydrolysis) is 1. The monoisotopic (exact) mass is 1900 g/mol. The second kappa shape index (κ2) is 49.2. The molecule has 2 bridgehead atoms. The van der Waals surface area contributed by atoms with Gasteiger partial charge < -0.3 is 104 Å². The molecule has 10 heterocycles. The van der Waals surface area contributed by atoms with Gasteiger partial charge in [0.2, 0.25) is 23.6 Å². The van der Waals surface area contributed by atoms with Gasteiger partial charge in [-0.1, -0.05) is 89.3 Å². The smallest absolute Gasteiger partial charge is 0.407 e. The Kier molecular flexibility index (Phi) is 37.0. The third kappa shape index (κ3) is 27.1. The number of aliphatic hydroxyl groups is 2. The normalized spacial score (nSPS) is 26.5. The number of ketones is 3. The average Bonchev–Trinajstić information content (AvgIpc) is 1.64. The molecule has 0 radical (unpaired) electrons. The van der Waals surface area contributed by atoms with Gasteiger partial charge in [-0.15, -0.1) is 0 Å². The van der Waals surface area contributed by atoms with Crippen LogP contribution in [0.25, 0.3) is 33.4 Å². The summed E-state index contributed by atoms with van der Waals surface area (Å²) in [6.07, 6.45) is 17.7. The van der Waals surface area contributed by atoms with E-state index in [1.54, 1.807) is 66.5 Å². The summed E-state index contributed by atoms with van der Waals surface area (Å²) in [5.74, 6) is -7.80. The molecular formula is C99H133N17O21. The van der Waals surface area contributed by atoms with Crippen LogP contribution in [0, 0.1) is 35.5 Å². The fourth-order valence-corrected chi connectivity index (χ4v) is 18.8. The lowest BCUT2D eigenvalue weighted by molar-refractivity contribution is -0.265. The van der Waals surface area contributed by atoms with Crippen molar-refractivity contribution in [1.29, 1.82) is 0 Å². The van der Waals surface area contributed by atoms with Gasteiger partial charge in [0.1, 0.15) is 59.6 Å². The van der Waals surface area contributed by atoms with Crippen molar-refractivity contribution < 1.29 is 100 Å². The number of cyclic esters (lactones) is 1. The standard InChI is InChI=1S/C99H133N17O21/c1-60-16-12-11-13-17-61(2)80(127-8)50-74-24-19-66(7)99(126,137-74)89(121)93(123)115-30-15-14-18-76(115)94(124)134-81(51-77(117)62(3)45-65(6)87(120)88(129-10)86(119)64(5)44-60)63(4)46-67-21-25-79(82(48-67)128-9)136-98(125)107-54-69-52-103-96(104-53-69)112-32-34-113(35-33-112)97-105-55-73(56-106-97)92(122)102-29-37-131-39-41-133-43-42-132-40-38-130-36-28-83(118)114-31-27-70-47-68(20-22-72(70)58-114)57-116-91-84(90(100)108-59-109-91)85(111-116)71-23-26-78-75(49-71)110-95(101)135-78/h11-13,16-17,20,22-23,26,45,47,49,52-53,55-56,59-60,62-64,66-67,74,76,79-82,87-88,120,126H,14-15,18-19,21,24-25,27-44,46,48,50-51,54,57-58H2,1-10H3,(H2,101,110)(H,102,122)(H,107,125)(H2,100,108,109)/b13-11+,16-12+,61-17+,65-45+/t60-,62-,63-,64-,66-,67+,74+,76+,79-,80+,81+,82-,87-,88+,99-/m1/s1. The number of Topliss-reactive ketones (excluding diaryl/α,β-unsaturated/α-hetero) is 3. The Bertz CT molecular complexity index is 5410. The van der Waals surface area contributed by atoms with Crippen LogP contribution in [0.15, 0.2) is 120 Å². The summed E-state index contributed by atoms with van der Waals surface area (Å²) in [5, 5.41) is 35.1. The van der Waals surface area contributed by atoms with E-state index >= 15 is 0 Å². The fraction of sp³-hybridized carbons (Fsp3) is 0.576. The van der Waals surface area contributed by atoms with Gasteiger partial charge in [0.05, 0.1) is 95.1 Å². The number of nitrogens with one attached hydrogen (secondary N) is 2. The predicted octanol–water partition coefficient (Wildman–Crippen LogP) is 8.95. The molecule has 38 nitrogen and oxygen atoms in total. The first kappa shape index (κ1) is 103. The van der Waals surface area contributed by atoms with Crippen molar-refractivity contribution in [3.05, 3.63) is 143 Å². The highest BCUT2D eigenvalue weighted by Crippen LogP contribution is 2.40. The highest BCUT2D eigenvalue weighted by Gasteiger charge is 2.53. The number of aliphatic hydroxyl groups excluding tert-OH is 1. The molecule has 15 atom stereocenters. The van der Waals surface area contributed by atoms with Crippen molar-refractivity contribution >= 4 is 93.0 Å². The quantitative estimate of drug-likeness (QED) is 0.0106. The van der Waals surface area contributed by atoms with Crippen LogP contribution in [0.2, 0.25) is 0 Å². The number of nitrogens with two attached hydrogens (primary N) is 2. The number of hydrogen-bond acceptors (Lipinski definition) is 33. The number of benzene rings is 2. The molecule has 13 rings (SSSR count). The molecule has 38 heteroatoms. The summed E-state index contributed by atoms with van der Waals surface area (Å²) in [6.45, 7) is 19.4. The first-order valence-electron chi connectivity index (χ1n) is 47.7. The summed E-state index contributed by atoms with van der Waals surface area (Å²) in [4.78, 5) is 151. The Hall–Kier alpha value is -11.5. The number of piperidine rings is 1. The van der Waals surface area contributed by atoms with E-state index in [9.17, 15) is 48.6 Å². The molecule has 0 unspecified atom stereocenters. The van der Waals surface area contributed by atoms with Gasteiger partial charge in [0.25, 0.3) is 23.6 Å². The third-order valence-corrected chi connectivity index (χ3v) is 26.9. The molecule has 5 aliphatic heterocycles. The van der Waals surface area contributed by atoms with Crippen LogP contribution < -0.4 is 31.9 Å². The molecule has 8 N–H and O–H groups in total. The molecule has 5 aromatic heterocycles. The number of amides is 4. The molecule has 1 aliphatic carbocycles. The Labute approximate surface area is 798 Å². The third-order valence-electron chi connectivity index (χ3n) is 26.9. The molecule has 6 aliphatic rings. The maximum atomic E-state index is 14.8. The van der Waals surface area contributed by atoms with Gasteiger partial charge in [-0.2, -0.15) is 10.1 Å². The number of allylic oxidation sites excluding steroid dienone is 6. The zero-order valence-electron chi connectivity index (χ0n) is 80.1. The number of hydrogen-bond donors (Lipinski definition) is 6. The minimum atomic E-state index is -2.49. The highest BCUT2D eigenvalue weighted by atomic mass is 16.6. The Morgan fingerprint density at radius 1 is 0.701 bits per heavy atom. The van der Waals surface area contributed by atoms with E-state index in [0.717, 1.165) is 28.7 Å². The largest absolute Gasteiger partial charge is 0.460 e. The molecule has 2 aromatic carbocycles. The van der Waals surface area contributed by atoms with Crippen molar-refractivity contribution in [2.45, 2.75) is 213 Å². The summed E-state index contributed by atoms with van der Waals surface area (Å²) in [5.41, 5.74) is 20.8. The van der Waals surface area contributed by atoms with Gasteiger partial charge >= 0.3 is 12.1 Å². The lowest BCUT2D eigenvalue weighted by Gasteiger charge is -2.42. The number of ether oxygens (including phenoxy) is 10. The van der Waals surface area contributed by atoms with Crippen LogP contribution in [0.4, 0.5) is 28.5 Å². The molecule has 7 aromatic rings.